The quantitative estimate of drug-likeness (QED) is 0.279. The van der Waals surface area contributed by atoms with Crippen molar-refractivity contribution >= 4 is 11.0 Å². The lowest BCUT2D eigenvalue weighted by molar-refractivity contribution is 0.229. The van der Waals surface area contributed by atoms with E-state index in [9.17, 15) is 15.0 Å². The third kappa shape index (κ3) is 4.20. The first-order chi connectivity index (χ1) is 19.4. The minimum atomic E-state index is -0.589. The van der Waals surface area contributed by atoms with Crippen molar-refractivity contribution in [1.29, 1.82) is 0 Å². The largest absolute Gasteiger partial charge is 0.388 e. The number of fused-ring (bicyclic) bond motifs is 2. The van der Waals surface area contributed by atoms with Crippen LogP contribution in [0.3, 0.4) is 0 Å². The monoisotopic (exact) mass is 560 g/mol. The number of aromatic nitrogens is 10. The zero-order chi connectivity index (χ0) is 29.3. The number of nitrogens with one attached hydrogen (secondary N) is 1. The fourth-order valence-corrected chi connectivity index (χ4v) is 4.97. The van der Waals surface area contributed by atoms with E-state index in [1.807, 2.05) is 41.5 Å². The highest BCUT2D eigenvalue weighted by molar-refractivity contribution is 5.85. The molecule has 0 aromatic carbocycles. The van der Waals surface area contributed by atoms with E-state index < -0.39 is 10.8 Å². The van der Waals surface area contributed by atoms with E-state index in [2.05, 4.69) is 35.8 Å². The lowest BCUT2D eigenvalue weighted by Crippen LogP contribution is -2.21. The van der Waals surface area contributed by atoms with Crippen molar-refractivity contribution in [2.24, 2.45) is 0 Å². The van der Waals surface area contributed by atoms with Crippen molar-refractivity contribution in [2.75, 3.05) is 0 Å². The molecule has 0 atom stereocenters. The summed E-state index contributed by atoms with van der Waals surface area (Å²) in [6.07, 6.45) is 1.60. The van der Waals surface area contributed by atoms with Gasteiger partial charge in [0.2, 0.25) is 11.6 Å². The Hall–Kier alpha value is -4.76. The molecule has 0 unspecified atom stereocenters. The number of hydrogen-bond donors (Lipinski definition) is 3. The maximum Gasteiger partial charge on any atom is 0.268 e. The van der Waals surface area contributed by atoms with Gasteiger partial charge in [-0.1, -0.05) is 51.9 Å². The van der Waals surface area contributed by atoms with Crippen molar-refractivity contribution in [2.45, 2.75) is 65.6 Å². The number of H-pyrrole nitrogens is 1. The molecule has 3 N–H and O–H groups in total. The Morgan fingerprint density at radius 1 is 0.829 bits per heavy atom. The number of aliphatic hydroxyl groups excluding tert-OH is 2. The Balaban J connectivity index is 1.72. The minimum Gasteiger partial charge on any atom is -0.388 e. The average molecular weight is 561 g/mol. The van der Waals surface area contributed by atoms with E-state index >= 15 is 0 Å². The molecule has 6 heterocycles. The lowest BCUT2D eigenvalue weighted by Gasteiger charge is -2.20. The SMILES string of the molecule is CC(C)(C)c1c(-c2nnc(-c3cc(CO)on3)n3[nH]c(=O)c(C(C)(C)C)c23)nn2c(-c3cc(CO)on3)nncc12. The van der Waals surface area contributed by atoms with E-state index in [0.717, 1.165) is 5.56 Å². The summed E-state index contributed by atoms with van der Waals surface area (Å²) in [7, 11) is 0. The summed E-state index contributed by atoms with van der Waals surface area (Å²) < 4.78 is 13.5. The smallest absolute Gasteiger partial charge is 0.268 e. The summed E-state index contributed by atoms with van der Waals surface area (Å²) in [5.41, 5.74) is 2.48. The molecule has 0 saturated carbocycles. The van der Waals surface area contributed by atoms with Crippen LogP contribution in [0.25, 0.3) is 45.5 Å². The number of rotatable bonds is 5. The van der Waals surface area contributed by atoms with Crippen molar-refractivity contribution in [3.63, 3.8) is 0 Å². The van der Waals surface area contributed by atoms with E-state index in [-0.39, 0.29) is 41.8 Å². The van der Waals surface area contributed by atoms with Gasteiger partial charge in [-0.05, 0) is 10.8 Å². The highest BCUT2D eigenvalue weighted by Gasteiger charge is 2.34. The van der Waals surface area contributed by atoms with Crippen LogP contribution in [0.4, 0.5) is 0 Å². The highest BCUT2D eigenvalue weighted by atomic mass is 16.5. The van der Waals surface area contributed by atoms with E-state index in [4.69, 9.17) is 14.1 Å². The topological polar surface area (TPSA) is 199 Å². The van der Waals surface area contributed by atoms with Crippen LogP contribution < -0.4 is 5.56 Å². The third-order valence-corrected chi connectivity index (χ3v) is 6.65. The summed E-state index contributed by atoms with van der Waals surface area (Å²) in [4.78, 5) is 13.4. The summed E-state index contributed by atoms with van der Waals surface area (Å²) in [5.74, 6) is 1.03. The molecule has 0 amide bonds. The molecule has 41 heavy (non-hydrogen) atoms. The van der Waals surface area contributed by atoms with E-state index in [1.54, 1.807) is 16.8 Å². The van der Waals surface area contributed by atoms with Crippen LogP contribution in [0.5, 0.6) is 0 Å². The van der Waals surface area contributed by atoms with Crippen molar-refractivity contribution in [3.05, 3.63) is 51.3 Å². The van der Waals surface area contributed by atoms with Gasteiger partial charge in [0.1, 0.15) is 30.1 Å². The molecule has 6 aromatic rings. The first kappa shape index (κ1) is 26.5. The van der Waals surface area contributed by atoms with Crippen LogP contribution in [0.15, 0.2) is 32.2 Å². The lowest BCUT2D eigenvalue weighted by atomic mass is 9.83. The molecule has 6 rings (SSSR count). The third-order valence-electron chi connectivity index (χ3n) is 6.65. The number of aromatic amines is 1. The standard InChI is InChI=1S/C26H28N10O5/c1-25(2,3)17-16-9-27-29-22(14-7-12(10-37)40-33-14)35(16)31-19(17)20-21-18(26(4,5)6)24(39)32-36(21)23(30-28-20)15-8-13(11-38)41-34-15/h7-9,37-38H,10-11H2,1-6H3,(H,32,39). The molecular weight excluding hydrogens is 532 g/mol. The molecule has 0 radical (unpaired) electrons. The molecular formula is C26H28N10O5. The zero-order valence-corrected chi connectivity index (χ0v) is 23.3. The predicted molar refractivity (Wildman–Crippen MR) is 144 cm³/mol. The Kier molecular flexibility index (Phi) is 5.90. The normalized spacial score (nSPS) is 12.7. The number of nitrogens with zero attached hydrogens (tertiary/aromatic N) is 9. The molecule has 0 saturated heterocycles. The summed E-state index contributed by atoms with van der Waals surface area (Å²) in [5, 5.41) is 52.3. The molecule has 0 fully saturated rings. The second-order valence-corrected chi connectivity index (χ2v) is 11.7. The van der Waals surface area contributed by atoms with Gasteiger partial charge >= 0.3 is 0 Å². The first-order valence-electron chi connectivity index (χ1n) is 12.8. The Morgan fingerprint density at radius 2 is 1.44 bits per heavy atom. The Labute approximate surface area is 231 Å². The van der Waals surface area contributed by atoms with Crippen LogP contribution in [-0.2, 0) is 24.0 Å². The summed E-state index contributed by atoms with van der Waals surface area (Å²) in [6.45, 7) is 11.2. The maximum absolute atomic E-state index is 13.4. The molecule has 0 aliphatic carbocycles. The molecule has 15 heteroatoms. The van der Waals surface area contributed by atoms with Gasteiger partial charge in [-0.3, -0.25) is 9.89 Å². The van der Waals surface area contributed by atoms with Crippen molar-refractivity contribution in [3.8, 4) is 34.4 Å². The fourth-order valence-electron chi connectivity index (χ4n) is 4.97. The van der Waals surface area contributed by atoms with Gasteiger partial charge in [-0.15, -0.1) is 15.3 Å². The molecule has 0 spiro atoms. The van der Waals surface area contributed by atoms with Gasteiger partial charge in [-0.2, -0.15) is 10.2 Å². The van der Waals surface area contributed by atoms with Gasteiger partial charge in [0.05, 0.1) is 17.3 Å². The molecule has 6 aromatic heterocycles. The molecule has 0 aliphatic rings. The van der Waals surface area contributed by atoms with Crippen LogP contribution >= 0.6 is 0 Å². The van der Waals surface area contributed by atoms with Gasteiger partial charge in [0.15, 0.2) is 22.9 Å². The van der Waals surface area contributed by atoms with E-state index in [1.165, 1.54) is 10.6 Å². The molecule has 212 valence electrons. The summed E-state index contributed by atoms with van der Waals surface area (Å²) in [6, 6.07) is 3.10. The molecule has 15 nitrogen and oxygen atoms in total. The predicted octanol–water partition coefficient (Wildman–Crippen LogP) is 2.41. The van der Waals surface area contributed by atoms with Crippen LogP contribution in [0, 0.1) is 0 Å². The van der Waals surface area contributed by atoms with Gasteiger partial charge in [0, 0.05) is 17.7 Å². The maximum atomic E-state index is 13.4. The van der Waals surface area contributed by atoms with Crippen molar-refractivity contribution in [1.82, 2.24) is 49.9 Å². The fraction of sp³-hybridized carbons (Fsp3) is 0.385. The van der Waals surface area contributed by atoms with E-state index in [0.29, 0.717) is 39.5 Å². The minimum absolute atomic E-state index is 0.226. The van der Waals surface area contributed by atoms with Crippen molar-refractivity contribution < 1.29 is 19.3 Å². The van der Waals surface area contributed by atoms with Gasteiger partial charge in [-0.25, -0.2) is 9.03 Å². The van der Waals surface area contributed by atoms with Crippen LogP contribution in [-0.4, -0.2) is 60.1 Å². The highest BCUT2D eigenvalue weighted by Crippen LogP contribution is 2.39. The molecule has 0 aliphatic heterocycles. The first-order valence-corrected chi connectivity index (χ1v) is 12.8. The van der Waals surface area contributed by atoms with Crippen LogP contribution in [0.1, 0.15) is 64.2 Å². The van der Waals surface area contributed by atoms with Gasteiger partial charge < -0.3 is 19.3 Å². The average Bonchev–Trinajstić information content (AvgIpc) is 3.70. The second kappa shape index (κ2) is 9.14. The van der Waals surface area contributed by atoms with Gasteiger partial charge in [0.25, 0.3) is 5.56 Å². The Bertz CT molecular complexity index is 1980. The number of hydrogen-bond acceptors (Lipinski definition) is 12. The Morgan fingerprint density at radius 3 is 2.00 bits per heavy atom. The van der Waals surface area contributed by atoms with Crippen LogP contribution in [0.2, 0.25) is 0 Å². The molecule has 0 bridgehead atoms. The summed E-state index contributed by atoms with van der Waals surface area (Å²) >= 11 is 0. The second-order valence-electron chi connectivity index (χ2n) is 11.7. The number of aliphatic hydroxyl groups is 2. The zero-order valence-electron chi connectivity index (χ0n) is 23.3.